The Balaban J connectivity index is 1.71. The molecule has 2 heterocycles. The highest BCUT2D eigenvalue weighted by atomic mass is 16.5. The summed E-state index contributed by atoms with van der Waals surface area (Å²) in [6.45, 7) is 5.11. The van der Waals surface area contributed by atoms with Gasteiger partial charge >= 0.3 is 17.7 Å². The molecule has 1 aromatic carbocycles. The molecule has 0 saturated heterocycles. The number of aromatic amines is 1. The number of carbonyl (C=O) groups excluding carboxylic acids is 2. The predicted molar refractivity (Wildman–Crippen MR) is 122 cm³/mol. The molecule has 0 radical (unpaired) electrons. The Kier molecular flexibility index (Phi) is 7.48. The Morgan fingerprint density at radius 2 is 1.94 bits per heavy atom. The molecule has 10 nitrogen and oxygen atoms in total. The number of hydrogen-bond acceptors (Lipinski definition) is 8. The van der Waals surface area contributed by atoms with Gasteiger partial charge in [-0.1, -0.05) is 0 Å². The van der Waals surface area contributed by atoms with E-state index in [0.29, 0.717) is 33.5 Å². The van der Waals surface area contributed by atoms with Crippen LogP contribution in [-0.4, -0.2) is 23.7 Å². The number of carbonyl (C=O) groups is 2. The first-order valence-electron chi connectivity index (χ1n) is 10.5. The number of esters is 1. The molecular formula is C24H23N3O7. The topological polar surface area (TPSA) is 151 Å². The van der Waals surface area contributed by atoms with Gasteiger partial charge in [0.2, 0.25) is 0 Å². The monoisotopic (exact) mass is 465 g/mol. The summed E-state index contributed by atoms with van der Waals surface area (Å²) in [5.74, 6) is -0.509. The van der Waals surface area contributed by atoms with Gasteiger partial charge in [0.05, 0.1) is 6.61 Å². The molecule has 0 fully saturated rings. The minimum atomic E-state index is -0.635. The quantitative estimate of drug-likeness (QED) is 0.399. The number of hydrogen-bond donors (Lipinski definition) is 2. The summed E-state index contributed by atoms with van der Waals surface area (Å²) in [5, 5.41) is 12.2. The molecule has 0 aliphatic carbocycles. The molecule has 10 heteroatoms. The number of benzene rings is 1. The van der Waals surface area contributed by atoms with Crippen LogP contribution in [0, 0.1) is 25.2 Å². The van der Waals surface area contributed by atoms with Crippen LogP contribution in [0.2, 0.25) is 0 Å². The van der Waals surface area contributed by atoms with Crippen molar-refractivity contribution >= 4 is 28.7 Å². The van der Waals surface area contributed by atoms with E-state index in [9.17, 15) is 24.4 Å². The fraction of sp³-hybridized carbons (Fsp3) is 0.292. The molecule has 3 aromatic rings. The Hall–Kier alpha value is -4.39. The second kappa shape index (κ2) is 10.5. The van der Waals surface area contributed by atoms with Crippen LogP contribution in [0.3, 0.4) is 0 Å². The summed E-state index contributed by atoms with van der Waals surface area (Å²) < 4.78 is 15.4. The van der Waals surface area contributed by atoms with Crippen molar-refractivity contribution in [2.75, 3.05) is 11.9 Å². The Labute approximate surface area is 194 Å². The highest BCUT2D eigenvalue weighted by Crippen LogP contribution is 2.22. The fourth-order valence-corrected chi connectivity index (χ4v) is 3.59. The van der Waals surface area contributed by atoms with E-state index in [2.05, 4.69) is 10.3 Å². The number of nitriles is 1. The Morgan fingerprint density at radius 1 is 1.18 bits per heavy atom. The molecule has 3 rings (SSSR count). The van der Waals surface area contributed by atoms with Gasteiger partial charge < -0.3 is 18.9 Å². The second-order valence-corrected chi connectivity index (χ2v) is 7.48. The zero-order valence-corrected chi connectivity index (χ0v) is 18.9. The molecule has 34 heavy (non-hydrogen) atoms. The van der Waals surface area contributed by atoms with Crippen molar-refractivity contribution in [3.05, 3.63) is 73.0 Å². The van der Waals surface area contributed by atoms with E-state index in [1.54, 1.807) is 32.9 Å². The number of nitrogens with zero attached hydrogens (tertiary/aromatic N) is 1. The summed E-state index contributed by atoms with van der Waals surface area (Å²) in [6.07, 6.45) is -0.335. The van der Waals surface area contributed by atoms with E-state index < -0.39 is 23.2 Å². The highest BCUT2D eigenvalue weighted by Gasteiger charge is 2.15. The molecular weight excluding hydrogens is 442 g/mol. The van der Waals surface area contributed by atoms with Crippen molar-refractivity contribution in [1.29, 1.82) is 5.26 Å². The van der Waals surface area contributed by atoms with Crippen molar-refractivity contribution in [1.82, 2.24) is 4.98 Å². The third-order valence-corrected chi connectivity index (χ3v) is 5.24. The molecule has 0 unspecified atom stereocenters. The van der Waals surface area contributed by atoms with Gasteiger partial charge in [-0.15, -0.1) is 0 Å². The third kappa shape index (κ3) is 5.50. The molecule has 0 atom stereocenters. The molecule has 176 valence electrons. The first-order valence-corrected chi connectivity index (χ1v) is 10.5. The second-order valence-electron chi connectivity index (χ2n) is 7.48. The average molecular weight is 465 g/mol. The molecule has 0 spiro atoms. The summed E-state index contributed by atoms with van der Waals surface area (Å²) >= 11 is 0. The standard InChI is InChI=1S/C24H23N3O7/c1-4-32-24(31)27-16-5-6-18-15(9-22(29)34-20(18)10-16)12-33-21(28)8-7-17-13(2)19(11-25)23(30)26-14(17)3/h5-6,9-10H,4,7-8,12H2,1-3H3,(H,26,30)(H,27,31). The number of rotatable bonds is 7. The first kappa shape index (κ1) is 24.3. The molecule has 2 N–H and O–H groups in total. The number of aryl methyl sites for hydroxylation is 1. The number of pyridine rings is 1. The number of fused-ring (bicyclic) bond motifs is 1. The van der Waals surface area contributed by atoms with Crippen LogP contribution in [-0.2, 0) is 27.3 Å². The molecule has 0 aliphatic rings. The van der Waals surface area contributed by atoms with Crippen molar-refractivity contribution in [3.8, 4) is 6.07 Å². The number of anilines is 1. The van der Waals surface area contributed by atoms with Gasteiger partial charge in [0.15, 0.2) is 0 Å². The van der Waals surface area contributed by atoms with Gasteiger partial charge in [-0.05, 0) is 50.5 Å². The maximum Gasteiger partial charge on any atom is 0.411 e. The zero-order chi connectivity index (χ0) is 24.8. The van der Waals surface area contributed by atoms with Crippen molar-refractivity contribution < 1.29 is 23.5 Å². The largest absolute Gasteiger partial charge is 0.461 e. The molecule has 0 aliphatic heterocycles. The lowest BCUT2D eigenvalue weighted by atomic mass is 9.99. The Bertz CT molecular complexity index is 1410. The van der Waals surface area contributed by atoms with E-state index in [0.717, 1.165) is 0 Å². The van der Waals surface area contributed by atoms with E-state index in [-0.39, 0.29) is 37.2 Å². The smallest absolute Gasteiger partial charge is 0.411 e. The summed E-state index contributed by atoms with van der Waals surface area (Å²) in [5.41, 5.74) is 1.82. The van der Waals surface area contributed by atoms with E-state index in [4.69, 9.17) is 13.9 Å². The van der Waals surface area contributed by atoms with Crippen LogP contribution in [0.5, 0.6) is 0 Å². The number of nitrogens with one attached hydrogen (secondary N) is 2. The van der Waals surface area contributed by atoms with Crippen molar-refractivity contribution in [2.45, 2.75) is 40.2 Å². The van der Waals surface area contributed by atoms with Crippen LogP contribution in [0.25, 0.3) is 11.0 Å². The van der Waals surface area contributed by atoms with Gasteiger partial charge in [0.1, 0.15) is 23.8 Å². The summed E-state index contributed by atoms with van der Waals surface area (Å²) in [7, 11) is 0. The van der Waals surface area contributed by atoms with Gasteiger partial charge in [0, 0.05) is 40.9 Å². The minimum Gasteiger partial charge on any atom is -0.461 e. The lowest BCUT2D eigenvalue weighted by molar-refractivity contribution is -0.144. The lowest BCUT2D eigenvalue weighted by Crippen LogP contribution is -2.17. The minimum absolute atomic E-state index is 0.0194. The maximum atomic E-state index is 12.4. The van der Waals surface area contributed by atoms with Crippen molar-refractivity contribution in [2.24, 2.45) is 0 Å². The van der Waals surface area contributed by atoms with E-state index >= 15 is 0 Å². The number of amides is 1. The van der Waals surface area contributed by atoms with Crippen LogP contribution >= 0.6 is 0 Å². The van der Waals surface area contributed by atoms with E-state index in [1.807, 2.05) is 6.07 Å². The number of aromatic nitrogens is 1. The van der Waals surface area contributed by atoms with Gasteiger partial charge in [-0.25, -0.2) is 9.59 Å². The maximum absolute atomic E-state index is 12.4. The molecule has 0 saturated carbocycles. The van der Waals surface area contributed by atoms with Gasteiger partial charge in [0.25, 0.3) is 5.56 Å². The summed E-state index contributed by atoms with van der Waals surface area (Å²) in [6, 6.07) is 7.85. The SMILES string of the molecule is CCOC(=O)Nc1ccc2c(COC(=O)CCc3c(C)[nH]c(=O)c(C#N)c3C)cc(=O)oc2c1. The molecule has 1 amide bonds. The van der Waals surface area contributed by atoms with Crippen LogP contribution in [0.4, 0.5) is 10.5 Å². The highest BCUT2D eigenvalue weighted by molar-refractivity contribution is 5.90. The molecule has 2 aromatic heterocycles. The first-order chi connectivity index (χ1) is 16.2. The van der Waals surface area contributed by atoms with Crippen molar-refractivity contribution in [3.63, 3.8) is 0 Å². The Morgan fingerprint density at radius 3 is 2.65 bits per heavy atom. The summed E-state index contributed by atoms with van der Waals surface area (Å²) in [4.78, 5) is 50.4. The molecule has 0 bridgehead atoms. The normalized spacial score (nSPS) is 10.5. The predicted octanol–water partition coefficient (Wildman–Crippen LogP) is 3.21. The fourth-order valence-electron chi connectivity index (χ4n) is 3.59. The van der Waals surface area contributed by atoms with Gasteiger partial charge in [-0.2, -0.15) is 5.26 Å². The lowest BCUT2D eigenvalue weighted by Gasteiger charge is -2.11. The number of ether oxygens (including phenoxy) is 2. The van der Waals surface area contributed by atoms with Gasteiger partial charge in [-0.3, -0.25) is 14.9 Å². The van der Waals surface area contributed by atoms with Crippen LogP contribution in [0.1, 0.15) is 41.3 Å². The van der Waals surface area contributed by atoms with E-state index in [1.165, 1.54) is 12.1 Å². The number of H-pyrrole nitrogens is 1. The van der Waals surface area contributed by atoms with Crippen LogP contribution in [0.15, 0.2) is 38.3 Å². The zero-order valence-electron chi connectivity index (χ0n) is 18.9. The average Bonchev–Trinajstić information content (AvgIpc) is 2.77. The van der Waals surface area contributed by atoms with Crippen LogP contribution < -0.4 is 16.5 Å². The third-order valence-electron chi connectivity index (χ3n) is 5.24.